The smallest absolute Gasteiger partial charge is 0.231 e. The van der Waals surface area contributed by atoms with Crippen molar-refractivity contribution in [1.82, 2.24) is 29.8 Å². The van der Waals surface area contributed by atoms with E-state index >= 15 is 0 Å². The van der Waals surface area contributed by atoms with E-state index in [1.54, 1.807) is 44.2 Å². The normalized spacial score (nSPS) is 14.3. The van der Waals surface area contributed by atoms with Crippen LogP contribution in [-0.4, -0.2) is 83.5 Å². The minimum Gasteiger partial charge on any atom is -0.494 e. The lowest BCUT2D eigenvalue weighted by Gasteiger charge is -2.35. The molecule has 0 saturated carbocycles. The van der Waals surface area contributed by atoms with Gasteiger partial charge in [-0.15, -0.1) is 0 Å². The average molecular weight is 640 g/mol. The minimum atomic E-state index is -2.76. The molecule has 0 amide bonds. The summed E-state index contributed by atoms with van der Waals surface area (Å²) in [6.45, 7) is 7.36. The number of likely N-dealkylation sites (N-methyl/N-ethyl adjacent to an activating group) is 1. The zero-order chi connectivity index (χ0) is 31.1. The molecule has 3 N–H and O–H groups in total. The number of piperazine rings is 1. The first kappa shape index (κ1) is 29.2. The molecule has 4 aromatic heterocycles. The van der Waals surface area contributed by atoms with Crippen LogP contribution in [0.15, 0.2) is 65.7 Å². The summed E-state index contributed by atoms with van der Waals surface area (Å²) in [7, 11) is 1.07. The molecule has 0 bridgehead atoms. The van der Waals surface area contributed by atoms with Crippen LogP contribution >= 0.6 is 18.5 Å². The molecule has 230 valence electrons. The Bertz CT molecular complexity index is 2050. The van der Waals surface area contributed by atoms with Gasteiger partial charge in [-0.25, -0.2) is 0 Å². The Morgan fingerprint density at radius 3 is 2.56 bits per heavy atom. The number of H-pyrrole nitrogens is 1. The Morgan fingerprint density at radius 2 is 1.80 bits per heavy atom. The molecule has 5 heterocycles. The highest BCUT2D eigenvalue weighted by atomic mass is 32.1. The number of rotatable bonds is 8. The van der Waals surface area contributed by atoms with E-state index in [9.17, 15) is 4.57 Å². The number of benzene rings is 2. The van der Waals surface area contributed by atoms with Crippen molar-refractivity contribution in [3.63, 3.8) is 0 Å². The zero-order valence-corrected chi connectivity index (χ0v) is 27.2. The quantitative estimate of drug-likeness (QED) is 0.168. The van der Waals surface area contributed by atoms with Crippen molar-refractivity contribution in [2.75, 3.05) is 69.2 Å². The average Bonchev–Trinajstić information content (AvgIpc) is 3.74. The first-order valence-corrected chi connectivity index (χ1v) is 18.2. The molecular formula is C32H34N9O2PS. The number of thiophene rings is 1. The molecule has 11 nitrogen and oxygen atoms in total. The Balaban J connectivity index is 1.30. The summed E-state index contributed by atoms with van der Waals surface area (Å²) >= 11 is 1.67. The van der Waals surface area contributed by atoms with Gasteiger partial charge in [0.05, 0.1) is 34.7 Å². The first-order valence-electron chi connectivity index (χ1n) is 14.6. The van der Waals surface area contributed by atoms with E-state index in [1.165, 1.54) is 0 Å². The lowest BCUT2D eigenvalue weighted by atomic mass is 10.0. The maximum atomic E-state index is 13.5. The predicted octanol–water partition coefficient (Wildman–Crippen LogP) is 6.13. The van der Waals surface area contributed by atoms with Gasteiger partial charge in [0.1, 0.15) is 29.9 Å². The second-order valence-corrected chi connectivity index (χ2v) is 15.4. The summed E-state index contributed by atoms with van der Waals surface area (Å²) in [6, 6.07) is 12.0. The molecule has 7 rings (SSSR count). The van der Waals surface area contributed by atoms with Crippen molar-refractivity contribution >= 4 is 74.7 Å². The summed E-state index contributed by atoms with van der Waals surface area (Å²) < 4.78 is 19.5. The van der Waals surface area contributed by atoms with Crippen LogP contribution in [0.2, 0.25) is 0 Å². The van der Waals surface area contributed by atoms with Gasteiger partial charge in [-0.2, -0.15) is 21.3 Å². The SMILES string of the molecule is COc1cc(N2CCN(C)CC2)c(-c2ccsc2)cc1Nc1nc(Nc2ccc3nccnc3c2P(C)(C)=O)c2cc[nH]c2n1. The molecule has 0 atom stereocenters. The zero-order valence-electron chi connectivity index (χ0n) is 25.5. The Morgan fingerprint density at radius 1 is 0.978 bits per heavy atom. The predicted molar refractivity (Wildman–Crippen MR) is 185 cm³/mol. The van der Waals surface area contributed by atoms with Crippen molar-refractivity contribution in [1.29, 1.82) is 0 Å². The largest absolute Gasteiger partial charge is 0.494 e. The van der Waals surface area contributed by atoms with Gasteiger partial charge in [0.2, 0.25) is 5.95 Å². The van der Waals surface area contributed by atoms with Crippen molar-refractivity contribution in [2.45, 2.75) is 0 Å². The first-order chi connectivity index (χ1) is 21.8. The molecule has 1 aliphatic rings. The maximum Gasteiger partial charge on any atom is 0.231 e. The number of ether oxygens (including phenoxy) is 1. The molecule has 1 aliphatic heterocycles. The number of fused-ring (bicyclic) bond motifs is 2. The van der Waals surface area contributed by atoms with Gasteiger partial charge in [-0.3, -0.25) is 9.97 Å². The van der Waals surface area contributed by atoms with Gasteiger partial charge < -0.3 is 34.7 Å². The summed E-state index contributed by atoms with van der Waals surface area (Å²) in [6.07, 6.45) is 5.08. The molecule has 0 radical (unpaired) electrons. The van der Waals surface area contributed by atoms with E-state index in [2.05, 4.69) is 71.4 Å². The summed E-state index contributed by atoms with van der Waals surface area (Å²) in [5, 5.41) is 12.6. The van der Waals surface area contributed by atoms with Gasteiger partial charge in [0, 0.05) is 62.1 Å². The van der Waals surface area contributed by atoms with Crippen LogP contribution in [0.1, 0.15) is 0 Å². The summed E-state index contributed by atoms with van der Waals surface area (Å²) in [5.74, 6) is 1.64. The Hall–Kier alpha value is -4.51. The monoisotopic (exact) mass is 639 g/mol. The lowest BCUT2D eigenvalue weighted by Crippen LogP contribution is -2.44. The molecular weight excluding hydrogens is 605 g/mol. The number of hydrogen-bond donors (Lipinski definition) is 3. The molecule has 0 unspecified atom stereocenters. The van der Waals surface area contributed by atoms with Gasteiger partial charge >= 0.3 is 0 Å². The van der Waals surface area contributed by atoms with Crippen LogP contribution in [0.4, 0.5) is 28.8 Å². The minimum absolute atomic E-state index is 0.382. The van der Waals surface area contributed by atoms with Gasteiger partial charge in [0.15, 0.2) is 0 Å². The fraction of sp³-hybridized carbons (Fsp3) is 0.250. The Labute approximate surface area is 265 Å². The van der Waals surface area contributed by atoms with E-state index in [0.717, 1.165) is 54.1 Å². The van der Waals surface area contributed by atoms with Crippen LogP contribution < -0.4 is 25.6 Å². The van der Waals surface area contributed by atoms with Crippen LogP contribution in [0.5, 0.6) is 5.75 Å². The van der Waals surface area contributed by atoms with Gasteiger partial charge in [-0.1, -0.05) is 0 Å². The number of hydrogen-bond acceptors (Lipinski definition) is 11. The summed E-state index contributed by atoms with van der Waals surface area (Å²) in [4.78, 5) is 26.6. The van der Waals surface area contributed by atoms with E-state index < -0.39 is 7.14 Å². The molecule has 1 saturated heterocycles. The summed E-state index contributed by atoms with van der Waals surface area (Å²) in [5.41, 5.74) is 6.78. The van der Waals surface area contributed by atoms with Crippen LogP contribution in [-0.2, 0) is 4.57 Å². The molecule has 6 aromatic rings. The topological polar surface area (TPSA) is 124 Å². The number of aromatic nitrogens is 5. The van der Waals surface area contributed by atoms with Crippen LogP contribution in [0, 0.1) is 0 Å². The van der Waals surface area contributed by atoms with E-state index in [1.807, 2.05) is 24.4 Å². The van der Waals surface area contributed by atoms with E-state index in [-0.39, 0.29) is 0 Å². The number of nitrogens with one attached hydrogen (secondary N) is 3. The van der Waals surface area contributed by atoms with Gasteiger partial charge in [0.25, 0.3) is 0 Å². The molecule has 0 aliphatic carbocycles. The van der Waals surface area contributed by atoms with Crippen molar-refractivity contribution in [3.8, 4) is 16.9 Å². The van der Waals surface area contributed by atoms with Crippen LogP contribution in [0.3, 0.4) is 0 Å². The highest BCUT2D eigenvalue weighted by molar-refractivity contribution is 7.71. The molecule has 45 heavy (non-hydrogen) atoms. The fourth-order valence-electron chi connectivity index (χ4n) is 5.80. The maximum absolute atomic E-state index is 13.5. The Kier molecular flexibility index (Phi) is 7.64. The van der Waals surface area contributed by atoms with Crippen molar-refractivity contribution < 1.29 is 9.30 Å². The number of nitrogens with zero attached hydrogens (tertiary/aromatic N) is 6. The highest BCUT2D eigenvalue weighted by Crippen LogP contribution is 2.43. The van der Waals surface area contributed by atoms with Gasteiger partial charge in [-0.05, 0) is 67.0 Å². The fourth-order valence-corrected chi connectivity index (χ4v) is 7.85. The number of aromatic amines is 1. The number of anilines is 5. The third-order valence-corrected chi connectivity index (χ3v) is 10.3. The lowest BCUT2D eigenvalue weighted by molar-refractivity contribution is 0.313. The third kappa shape index (κ3) is 5.72. The molecule has 13 heteroatoms. The molecule has 1 fully saturated rings. The highest BCUT2D eigenvalue weighted by Gasteiger charge is 2.24. The molecule has 0 spiro atoms. The van der Waals surface area contributed by atoms with Crippen LogP contribution in [0.25, 0.3) is 33.2 Å². The van der Waals surface area contributed by atoms with E-state index in [0.29, 0.717) is 45.2 Å². The van der Waals surface area contributed by atoms with Crippen molar-refractivity contribution in [2.24, 2.45) is 0 Å². The standard InChI is InChI=1S/C32H34N9O2PS/c1-40-12-14-41(15-13-40)26-18-27(43-2)25(17-22(26)20-8-16-45-19-20)37-32-38-30-21(7-9-35-30)31(39-32)36-24-6-5-23-28(34-11-10-33-23)29(24)44(3,4)42/h5-11,16-19H,12-15H2,1-4H3,(H3,35,36,37,38,39). The third-order valence-electron chi connectivity index (χ3n) is 8.06. The second-order valence-electron chi connectivity index (χ2n) is 11.5. The second kappa shape index (κ2) is 11.8. The number of methoxy groups -OCH3 is 1. The van der Waals surface area contributed by atoms with E-state index in [4.69, 9.17) is 14.7 Å². The molecule has 2 aromatic carbocycles. The van der Waals surface area contributed by atoms with Crippen molar-refractivity contribution in [3.05, 3.63) is 65.7 Å².